The second-order valence-corrected chi connectivity index (χ2v) is 10.2. The predicted octanol–water partition coefficient (Wildman–Crippen LogP) is 2.68. The molecule has 3 aliphatic heterocycles. The van der Waals surface area contributed by atoms with E-state index in [0.29, 0.717) is 41.7 Å². The fourth-order valence-corrected chi connectivity index (χ4v) is 5.71. The number of ether oxygens (including phenoxy) is 2. The topological polar surface area (TPSA) is 106 Å². The van der Waals surface area contributed by atoms with Crippen LogP contribution in [0.15, 0.2) is 16.9 Å². The SMILES string of the molecule is CC[C@@]1(O)C(=O)OCc2c1cc1n(c2=O)Cc2c-1nc1cc(F)c3c(c1c2C)N(CCNC(C)C)CO3. The van der Waals surface area contributed by atoms with Gasteiger partial charge in [0, 0.05) is 41.7 Å². The van der Waals surface area contributed by atoms with Crippen molar-refractivity contribution in [2.24, 2.45) is 0 Å². The summed E-state index contributed by atoms with van der Waals surface area (Å²) in [7, 11) is 0. The number of hydrogen-bond donors (Lipinski definition) is 2. The molecule has 9 nitrogen and oxygen atoms in total. The number of aromatic nitrogens is 2. The molecule has 0 aliphatic carbocycles. The molecule has 1 aromatic carbocycles. The lowest BCUT2D eigenvalue weighted by atomic mass is 9.86. The fourth-order valence-electron chi connectivity index (χ4n) is 5.71. The zero-order chi connectivity index (χ0) is 26.2. The van der Waals surface area contributed by atoms with Gasteiger partial charge >= 0.3 is 5.97 Å². The lowest BCUT2D eigenvalue weighted by Crippen LogP contribution is -2.44. The van der Waals surface area contributed by atoms with Gasteiger partial charge in [-0.05, 0) is 25.0 Å². The van der Waals surface area contributed by atoms with E-state index in [1.165, 1.54) is 6.07 Å². The van der Waals surface area contributed by atoms with Crippen LogP contribution >= 0.6 is 0 Å². The lowest BCUT2D eigenvalue weighted by molar-refractivity contribution is -0.172. The van der Waals surface area contributed by atoms with Crippen molar-refractivity contribution in [2.45, 2.75) is 58.9 Å². The van der Waals surface area contributed by atoms with E-state index >= 15 is 4.39 Å². The Hall–Kier alpha value is -3.50. The molecule has 0 unspecified atom stereocenters. The van der Waals surface area contributed by atoms with E-state index in [2.05, 4.69) is 19.2 Å². The highest BCUT2D eigenvalue weighted by Crippen LogP contribution is 2.47. The molecule has 0 fully saturated rings. The largest absolute Gasteiger partial charge is 0.468 e. The van der Waals surface area contributed by atoms with Crippen molar-refractivity contribution < 1.29 is 23.8 Å². The number of nitrogens with one attached hydrogen (secondary N) is 1. The summed E-state index contributed by atoms with van der Waals surface area (Å²) < 4.78 is 27.6. The van der Waals surface area contributed by atoms with E-state index in [9.17, 15) is 14.7 Å². The number of halogens is 1. The fraction of sp³-hybridized carbons (Fsp3) is 0.444. The Labute approximate surface area is 212 Å². The van der Waals surface area contributed by atoms with Crippen molar-refractivity contribution in [1.29, 1.82) is 0 Å². The quantitative estimate of drug-likeness (QED) is 0.397. The molecule has 10 heteroatoms. The van der Waals surface area contributed by atoms with Crippen LogP contribution in [-0.4, -0.2) is 46.5 Å². The highest BCUT2D eigenvalue weighted by Gasteiger charge is 2.45. The number of rotatable bonds is 5. The molecule has 0 amide bonds. The third-order valence-electron chi connectivity index (χ3n) is 7.75. The number of pyridine rings is 2. The number of carbonyl (C=O) groups is 1. The maximum Gasteiger partial charge on any atom is 0.343 e. The zero-order valence-electron chi connectivity index (χ0n) is 21.3. The average Bonchev–Trinajstić information content (AvgIpc) is 3.45. The summed E-state index contributed by atoms with van der Waals surface area (Å²) in [6, 6.07) is 3.37. The van der Waals surface area contributed by atoms with E-state index in [-0.39, 0.29) is 48.7 Å². The Kier molecular flexibility index (Phi) is 5.33. The van der Waals surface area contributed by atoms with Crippen molar-refractivity contribution in [3.63, 3.8) is 0 Å². The van der Waals surface area contributed by atoms with E-state index in [4.69, 9.17) is 14.5 Å². The molecule has 2 N–H and O–H groups in total. The summed E-state index contributed by atoms with van der Waals surface area (Å²) in [5.74, 6) is -1.04. The molecule has 194 valence electrons. The minimum absolute atomic E-state index is 0.0671. The van der Waals surface area contributed by atoms with Gasteiger partial charge in [-0.15, -0.1) is 0 Å². The summed E-state index contributed by atoms with van der Waals surface area (Å²) in [5.41, 5.74) is 2.23. The number of hydrogen-bond acceptors (Lipinski definition) is 8. The van der Waals surface area contributed by atoms with Gasteiger partial charge in [0.2, 0.25) is 0 Å². The molecule has 6 rings (SSSR count). The first-order valence-electron chi connectivity index (χ1n) is 12.6. The van der Waals surface area contributed by atoms with E-state index in [1.54, 1.807) is 17.6 Å². The maximum absolute atomic E-state index is 15.2. The molecular weight excluding hydrogens is 479 g/mol. The molecule has 37 heavy (non-hydrogen) atoms. The standard InChI is InChI=1S/C27H29FN4O5/c1-5-27(35)17-8-20-22-15(10-32(20)25(33)16(17)11-36-26(27)34)14(4)21-19(30-22)9-18(28)24-23(21)31(12-37-24)7-6-29-13(2)3/h8-9,13,29,35H,5-7,10-12H2,1-4H3/t27-/m0/s1. The second-order valence-electron chi connectivity index (χ2n) is 10.2. The van der Waals surface area contributed by atoms with Crippen LogP contribution in [0.5, 0.6) is 5.75 Å². The van der Waals surface area contributed by atoms with Crippen LogP contribution in [0.25, 0.3) is 22.3 Å². The normalized spacial score (nSPS) is 19.5. The summed E-state index contributed by atoms with van der Waals surface area (Å²) in [4.78, 5) is 32.8. The van der Waals surface area contributed by atoms with Crippen molar-refractivity contribution in [2.75, 3.05) is 24.7 Å². The number of nitrogens with zero attached hydrogens (tertiary/aromatic N) is 3. The molecule has 0 bridgehead atoms. The van der Waals surface area contributed by atoms with Gasteiger partial charge in [0.25, 0.3) is 5.56 Å². The number of aliphatic hydroxyl groups is 1. The Morgan fingerprint density at radius 2 is 2.03 bits per heavy atom. The highest BCUT2D eigenvalue weighted by atomic mass is 19.1. The summed E-state index contributed by atoms with van der Waals surface area (Å²) in [6.07, 6.45) is 0.0671. The smallest absolute Gasteiger partial charge is 0.343 e. The Bertz CT molecular complexity index is 1550. The molecule has 1 atom stereocenters. The molecule has 0 saturated heterocycles. The Morgan fingerprint density at radius 1 is 1.24 bits per heavy atom. The first-order valence-corrected chi connectivity index (χ1v) is 12.6. The van der Waals surface area contributed by atoms with E-state index in [0.717, 1.165) is 16.5 Å². The molecule has 3 aliphatic rings. The van der Waals surface area contributed by atoms with Gasteiger partial charge in [-0.25, -0.2) is 14.2 Å². The third-order valence-corrected chi connectivity index (χ3v) is 7.75. The number of aryl methyl sites for hydroxylation is 1. The summed E-state index contributed by atoms with van der Waals surface area (Å²) in [6.45, 7) is 9.46. The molecule has 5 heterocycles. The van der Waals surface area contributed by atoms with Gasteiger partial charge in [0.1, 0.15) is 6.61 Å². The van der Waals surface area contributed by atoms with Crippen LogP contribution in [0.3, 0.4) is 0 Å². The third kappa shape index (κ3) is 3.31. The second kappa shape index (κ2) is 8.26. The van der Waals surface area contributed by atoms with Gasteiger partial charge in [-0.1, -0.05) is 20.8 Å². The minimum atomic E-state index is -1.90. The van der Waals surface area contributed by atoms with Crippen LogP contribution in [0.4, 0.5) is 10.1 Å². The van der Waals surface area contributed by atoms with Crippen LogP contribution in [0, 0.1) is 12.7 Å². The molecule has 0 spiro atoms. The molecule has 3 aromatic rings. The van der Waals surface area contributed by atoms with Crippen LogP contribution < -0.4 is 20.5 Å². The minimum Gasteiger partial charge on any atom is -0.468 e. The maximum atomic E-state index is 15.2. The number of anilines is 1. The first-order chi connectivity index (χ1) is 17.7. The van der Waals surface area contributed by atoms with Crippen LogP contribution in [0.2, 0.25) is 0 Å². The Morgan fingerprint density at radius 3 is 2.76 bits per heavy atom. The zero-order valence-corrected chi connectivity index (χ0v) is 21.3. The number of benzene rings is 1. The monoisotopic (exact) mass is 508 g/mol. The lowest BCUT2D eigenvalue weighted by Gasteiger charge is -2.31. The van der Waals surface area contributed by atoms with E-state index in [1.807, 2.05) is 11.8 Å². The average molecular weight is 509 g/mol. The number of carbonyl (C=O) groups excluding carboxylic acids is 1. The van der Waals surface area contributed by atoms with Crippen molar-refractivity contribution >= 4 is 22.6 Å². The highest BCUT2D eigenvalue weighted by molar-refractivity contribution is 6.01. The summed E-state index contributed by atoms with van der Waals surface area (Å²) in [5, 5.41) is 15.3. The molecule has 2 aromatic heterocycles. The number of esters is 1. The van der Waals surface area contributed by atoms with E-state index < -0.39 is 17.4 Å². The van der Waals surface area contributed by atoms with Gasteiger partial charge in [0.05, 0.1) is 34.7 Å². The summed E-state index contributed by atoms with van der Waals surface area (Å²) >= 11 is 0. The van der Waals surface area contributed by atoms with Crippen LogP contribution in [0.1, 0.15) is 49.4 Å². The van der Waals surface area contributed by atoms with Gasteiger partial charge < -0.3 is 29.4 Å². The first kappa shape index (κ1) is 23.9. The number of cyclic esters (lactones) is 1. The van der Waals surface area contributed by atoms with Crippen molar-refractivity contribution in [3.8, 4) is 17.1 Å². The number of fused-ring (bicyclic) bond motifs is 7. The molecule has 0 radical (unpaired) electrons. The predicted molar refractivity (Wildman–Crippen MR) is 135 cm³/mol. The van der Waals surface area contributed by atoms with Crippen molar-refractivity contribution in [3.05, 3.63) is 50.6 Å². The Balaban J connectivity index is 1.53. The molecule has 0 saturated carbocycles. The van der Waals surface area contributed by atoms with Crippen LogP contribution in [-0.2, 0) is 28.3 Å². The van der Waals surface area contributed by atoms with Gasteiger partial charge in [0.15, 0.2) is 23.9 Å². The molecular formula is C27H29FN4O5. The van der Waals surface area contributed by atoms with Crippen molar-refractivity contribution in [1.82, 2.24) is 14.9 Å². The van der Waals surface area contributed by atoms with Gasteiger partial charge in [-0.2, -0.15) is 0 Å². The van der Waals surface area contributed by atoms with Gasteiger partial charge in [-0.3, -0.25) is 4.79 Å².